The number of nitrogens with two attached hydrogens (primary N) is 1. The van der Waals surface area contributed by atoms with Gasteiger partial charge in [0.2, 0.25) is 5.91 Å². The van der Waals surface area contributed by atoms with Gasteiger partial charge in [0.25, 0.3) is 5.56 Å². The van der Waals surface area contributed by atoms with Crippen molar-refractivity contribution in [3.05, 3.63) is 27.7 Å². The lowest BCUT2D eigenvalue weighted by Crippen LogP contribution is -2.47. The number of aromatic hydroxyl groups is 1. The van der Waals surface area contributed by atoms with E-state index in [4.69, 9.17) is 15.2 Å². The van der Waals surface area contributed by atoms with Crippen LogP contribution in [0.4, 0.5) is 0 Å². The van der Waals surface area contributed by atoms with Crippen LogP contribution in [0.3, 0.4) is 0 Å². The van der Waals surface area contributed by atoms with Crippen LogP contribution in [0, 0.1) is 5.92 Å². The van der Waals surface area contributed by atoms with E-state index in [0.717, 1.165) is 12.5 Å². The number of rotatable bonds is 3. The molecule has 9 nitrogen and oxygen atoms in total. The molecule has 0 spiro atoms. The molecule has 0 saturated heterocycles. The van der Waals surface area contributed by atoms with E-state index in [1.165, 1.54) is 11.7 Å². The Hall–Kier alpha value is -2.10. The molecule has 1 fully saturated rings. The van der Waals surface area contributed by atoms with Gasteiger partial charge >= 0.3 is 5.97 Å². The molecular formula is C19H28ClN3O6. The normalized spacial score (nSPS) is 24.1. The number of amides is 1. The molecule has 3 rings (SSSR count). The number of halogens is 1. The number of carbonyl (C=O) groups excluding carboxylic acids is 2. The van der Waals surface area contributed by atoms with Crippen LogP contribution in [0.5, 0.6) is 5.75 Å². The summed E-state index contributed by atoms with van der Waals surface area (Å²) in [6, 6.07) is 0.834. The lowest BCUT2D eigenvalue weighted by atomic mass is 9.83. The molecule has 2 heterocycles. The van der Waals surface area contributed by atoms with Crippen molar-refractivity contribution in [3.63, 3.8) is 0 Å². The van der Waals surface area contributed by atoms with Gasteiger partial charge in [-0.15, -0.1) is 12.4 Å². The number of esters is 1. The minimum absolute atomic E-state index is 0. The monoisotopic (exact) mass is 429 g/mol. The molecule has 10 heteroatoms. The van der Waals surface area contributed by atoms with Gasteiger partial charge in [0.1, 0.15) is 11.3 Å². The second kappa shape index (κ2) is 9.60. The number of hydrogen-bond acceptors (Lipinski definition) is 7. The Labute approximate surface area is 175 Å². The maximum Gasteiger partial charge on any atom is 0.343 e. The molecule has 1 aromatic heterocycles. The summed E-state index contributed by atoms with van der Waals surface area (Å²) in [5, 5.41) is 10.1. The van der Waals surface area contributed by atoms with E-state index >= 15 is 0 Å². The summed E-state index contributed by atoms with van der Waals surface area (Å²) in [6.07, 6.45) is 2.26. The quantitative estimate of drug-likeness (QED) is 0.661. The summed E-state index contributed by atoms with van der Waals surface area (Å²) in [6.45, 7) is 0.964. The predicted octanol–water partition coefficient (Wildman–Crippen LogP) is 0.289. The fraction of sp³-hybridized carbons (Fsp3) is 0.632. The second-order valence-corrected chi connectivity index (χ2v) is 7.36. The molecule has 1 aliphatic heterocycles. The Kier molecular flexibility index (Phi) is 7.67. The van der Waals surface area contributed by atoms with Crippen LogP contribution >= 0.6 is 12.4 Å². The zero-order valence-electron chi connectivity index (χ0n) is 16.6. The van der Waals surface area contributed by atoms with Gasteiger partial charge < -0.3 is 29.8 Å². The van der Waals surface area contributed by atoms with Crippen LogP contribution in [-0.2, 0) is 27.2 Å². The Balaban J connectivity index is 0.00000300. The third-order valence-electron chi connectivity index (χ3n) is 5.80. The zero-order chi connectivity index (χ0) is 20.4. The average molecular weight is 430 g/mol. The smallest absolute Gasteiger partial charge is 0.343 e. The number of methoxy groups -OCH3 is 2. The van der Waals surface area contributed by atoms with E-state index in [2.05, 4.69) is 0 Å². The minimum Gasteiger partial charge on any atom is -0.507 e. The van der Waals surface area contributed by atoms with E-state index in [1.807, 2.05) is 0 Å². The summed E-state index contributed by atoms with van der Waals surface area (Å²) in [7, 11) is 2.85. The van der Waals surface area contributed by atoms with E-state index in [0.29, 0.717) is 31.6 Å². The largest absolute Gasteiger partial charge is 0.507 e. The highest BCUT2D eigenvalue weighted by molar-refractivity contribution is 5.93. The number of carbonyl (C=O) groups is 2. The highest BCUT2D eigenvalue weighted by Crippen LogP contribution is 2.28. The highest BCUT2D eigenvalue weighted by atomic mass is 35.5. The topological polar surface area (TPSA) is 124 Å². The molecule has 0 unspecified atom stereocenters. The van der Waals surface area contributed by atoms with Gasteiger partial charge in [-0.25, -0.2) is 4.79 Å². The Morgan fingerprint density at radius 3 is 2.55 bits per heavy atom. The molecule has 2 aliphatic rings. The fourth-order valence-electron chi connectivity index (χ4n) is 4.26. The lowest BCUT2D eigenvalue weighted by Gasteiger charge is -2.34. The van der Waals surface area contributed by atoms with Crippen LogP contribution in [0.1, 0.15) is 35.3 Å². The summed E-state index contributed by atoms with van der Waals surface area (Å²) < 4.78 is 11.5. The lowest BCUT2D eigenvalue weighted by molar-refractivity contribution is -0.137. The first-order valence-corrected chi connectivity index (χ1v) is 9.48. The van der Waals surface area contributed by atoms with Crippen LogP contribution in [0.15, 0.2) is 10.9 Å². The molecule has 0 aromatic carbocycles. The molecule has 1 aromatic rings. The number of aromatic nitrogens is 1. The molecule has 29 heavy (non-hydrogen) atoms. The molecule has 3 N–H and O–H groups in total. The number of pyridine rings is 1. The Morgan fingerprint density at radius 2 is 1.93 bits per heavy atom. The number of fused-ring (bicyclic) bond motifs is 1. The van der Waals surface area contributed by atoms with Gasteiger partial charge in [-0.3, -0.25) is 9.59 Å². The average Bonchev–Trinajstić information content (AvgIpc) is 2.90. The first-order chi connectivity index (χ1) is 13.4. The number of nitrogens with zero attached hydrogens (tertiary/aromatic N) is 2. The molecule has 1 saturated carbocycles. The molecule has 162 valence electrons. The fourth-order valence-corrected chi connectivity index (χ4v) is 4.26. The van der Waals surface area contributed by atoms with Crippen LogP contribution in [-0.4, -0.2) is 65.9 Å². The van der Waals surface area contributed by atoms with Gasteiger partial charge in [-0.05, 0) is 19.3 Å². The SMILES string of the molecule is COC(=O)c1c(O)cc(=O)n2c1CCN(C(=O)[C@H]1CC[C@@H](OC)[C@H](N)C1)CC2.Cl. The van der Waals surface area contributed by atoms with E-state index < -0.39 is 17.3 Å². The van der Waals surface area contributed by atoms with Crippen LogP contribution < -0.4 is 11.3 Å². The summed E-state index contributed by atoms with van der Waals surface area (Å²) in [5.41, 5.74) is 6.11. The second-order valence-electron chi connectivity index (χ2n) is 7.36. The summed E-state index contributed by atoms with van der Waals surface area (Å²) >= 11 is 0. The Bertz CT molecular complexity index is 827. The van der Waals surface area contributed by atoms with E-state index in [9.17, 15) is 19.5 Å². The number of hydrogen-bond donors (Lipinski definition) is 2. The van der Waals surface area contributed by atoms with E-state index in [1.54, 1.807) is 12.0 Å². The van der Waals surface area contributed by atoms with Crippen LogP contribution in [0.2, 0.25) is 0 Å². The van der Waals surface area contributed by atoms with Crippen molar-refractivity contribution in [2.45, 2.75) is 44.4 Å². The maximum atomic E-state index is 13.0. The van der Waals surface area contributed by atoms with Gasteiger partial charge in [0.15, 0.2) is 0 Å². The molecule has 3 atom stereocenters. The zero-order valence-corrected chi connectivity index (χ0v) is 17.4. The third-order valence-corrected chi connectivity index (χ3v) is 5.80. The first-order valence-electron chi connectivity index (χ1n) is 9.48. The third kappa shape index (κ3) is 4.57. The summed E-state index contributed by atoms with van der Waals surface area (Å²) in [5.74, 6) is -1.26. The molecule has 0 bridgehead atoms. The minimum atomic E-state index is -0.704. The van der Waals surface area contributed by atoms with Crippen molar-refractivity contribution < 1.29 is 24.2 Å². The highest BCUT2D eigenvalue weighted by Gasteiger charge is 2.35. The maximum absolute atomic E-state index is 13.0. The first kappa shape index (κ1) is 23.2. The summed E-state index contributed by atoms with van der Waals surface area (Å²) in [4.78, 5) is 39.1. The van der Waals surface area contributed by atoms with Gasteiger partial charge in [0, 0.05) is 56.9 Å². The van der Waals surface area contributed by atoms with Crippen molar-refractivity contribution >= 4 is 24.3 Å². The van der Waals surface area contributed by atoms with Gasteiger partial charge in [-0.2, -0.15) is 0 Å². The van der Waals surface area contributed by atoms with Crippen molar-refractivity contribution in [2.24, 2.45) is 11.7 Å². The number of ether oxygens (including phenoxy) is 2. The van der Waals surface area contributed by atoms with Crippen molar-refractivity contribution in [3.8, 4) is 5.75 Å². The Morgan fingerprint density at radius 1 is 1.21 bits per heavy atom. The molecule has 0 radical (unpaired) electrons. The molecule has 1 aliphatic carbocycles. The molecule has 1 amide bonds. The van der Waals surface area contributed by atoms with Crippen molar-refractivity contribution in [2.75, 3.05) is 27.3 Å². The van der Waals surface area contributed by atoms with Gasteiger partial charge in [-0.1, -0.05) is 0 Å². The van der Waals surface area contributed by atoms with Crippen molar-refractivity contribution in [1.29, 1.82) is 0 Å². The van der Waals surface area contributed by atoms with Gasteiger partial charge in [0.05, 0.1) is 13.2 Å². The predicted molar refractivity (Wildman–Crippen MR) is 107 cm³/mol. The van der Waals surface area contributed by atoms with E-state index in [-0.39, 0.29) is 54.9 Å². The molecular weight excluding hydrogens is 402 g/mol. The standard InChI is InChI=1S/C19H27N3O6.ClH/c1-27-15-4-3-11(9-12(15)20)18(25)21-6-5-13-17(19(26)28-2)14(23)10-16(24)22(13)8-7-21;/h10-12,15,23H,3-9,20H2,1-2H3;1H/t11-,12+,15+;/m0./s1. The van der Waals surface area contributed by atoms with Crippen LogP contribution in [0.25, 0.3) is 0 Å². The van der Waals surface area contributed by atoms with Crippen molar-refractivity contribution in [1.82, 2.24) is 9.47 Å².